The molecule has 2 aromatic heterocycles. The van der Waals surface area contributed by atoms with E-state index in [1.54, 1.807) is 19.2 Å². The average Bonchev–Trinajstić information content (AvgIpc) is 3.61. The van der Waals surface area contributed by atoms with E-state index < -0.39 is 17.5 Å². The molecule has 3 N–H and O–H groups in total. The van der Waals surface area contributed by atoms with E-state index in [1.807, 2.05) is 6.07 Å². The topological polar surface area (TPSA) is 117 Å². The molecule has 0 aliphatic carbocycles. The lowest BCUT2D eigenvalue weighted by atomic mass is 10.2. The fourth-order valence-electron chi connectivity index (χ4n) is 4.35. The molecule has 3 heterocycles. The monoisotopic (exact) mass is 536 g/mol. The van der Waals surface area contributed by atoms with Crippen molar-refractivity contribution in [3.63, 3.8) is 0 Å². The van der Waals surface area contributed by atoms with Crippen LogP contribution in [0.3, 0.4) is 0 Å². The predicted molar refractivity (Wildman–Crippen MR) is 142 cm³/mol. The Hall–Kier alpha value is -4.32. The van der Waals surface area contributed by atoms with E-state index in [0.717, 1.165) is 32.0 Å². The minimum atomic E-state index is -1.11. The number of carbonyl (C=O) groups is 1. The van der Waals surface area contributed by atoms with Gasteiger partial charge in [0.2, 0.25) is 5.91 Å². The minimum absolute atomic E-state index is 0.126. The number of hydrogen-bond donors (Lipinski definition) is 3. The summed E-state index contributed by atoms with van der Waals surface area (Å²) in [6.07, 6.45) is 4.55. The van der Waals surface area contributed by atoms with Crippen LogP contribution in [0.5, 0.6) is 11.5 Å². The number of hydrogen-bond acceptors (Lipinski definition) is 8. The van der Waals surface area contributed by atoms with Crippen LogP contribution in [0.2, 0.25) is 0 Å². The van der Waals surface area contributed by atoms with Crippen LogP contribution in [0, 0.1) is 18.2 Å². The van der Waals surface area contributed by atoms with Gasteiger partial charge in [-0.3, -0.25) is 14.8 Å². The summed E-state index contributed by atoms with van der Waals surface area (Å²) < 4.78 is 38.8. The largest absolute Gasteiger partial charge is 0.493 e. The number of carbonyl (C=O) groups excluding carboxylic acids is 1. The van der Waals surface area contributed by atoms with Crippen LogP contribution in [0.1, 0.15) is 25.0 Å². The van der Waals surface area contributed by atoms with E-state index in [1.165, 1.54) is 24.9 Å². The summed E-state index contributed by atoms with van der Waals surface area (Å²) in [5, 5.41) is 13.1. The van der Waals surface area contributed by atoms with E-state index in [2.05, 4.69) is 42.2 Å². The Bertz CT molecular complexity index is 1460. The molecule has 5 rings (SSSR count). The van der Waals surface area contributed by atoms with Crippen molar-refractivity contribution in [1.29, 1.82) is 0 Å². The van der Waals surface area contributed by atoms with Crippen molar-refractivity contribution in [3.05, 3.63) is 66.6 Å². The van der Waals surface area contributed by atoms with Crippen molar-refractivity contribution in [2.24, 2.45) is 0 Å². The van der Waals surface area contributed by atoms with Gasteiger partial charge in [-0.25, -0.2) is 18.7 Å². The van der Waals surface area contributed by atoms with E-state index in [9.17, 15) is 13.6 Å². The molecule has 1 fully saturated rings. The van der Waals surface area contributed by atoms with Gasteiger partial charge in [0, 0.05) is 36.3 Å². The third kappa shape index (κ3) is 6.40. The number of halogens is 2. The first kappa shape index (κ1) is 26.3. The predicted octanol–water partition coefficient (Wildman–Crippen LogP) is 4.59. The van der Waals surface area contributed by atoms with E-state index in [0.29, 0.717) is 46.3 Å². The molecule has 1 aliphatic heterocycles. The molecule has 0 spiro atoms. The molecule has 12 heteroatoms. The van der Waals surface area contributed by atoms with Crippen LogP contribution in [0.15, 0.2) is 42.7 Å². The second-order valence-electron chi connectivity index (χ2n) is 9.04. The van der Waals surface area contributed by atoms with E-state index >= 15 is 0 Å². The quantitative estimate of drug-likeness (QED) is 0.238. The van der Waals surface area contributed by atoms with Gasteiger partial charge in [0.15, 0.2) is 29.0 Å². The number of rotatable bonds is 11. The maximum Gasteiger partial charge on any atom is 0.230 e. The number of aromatic amines is 1. The second kappa shape index (κ2) is 12.0. The Morgan fingerprint density at radius 2 is 2.08 bits per heavy atom. The zero-order valence-corrected chi connectivity index (χ0v) is 21.3. The number of amides is 1. The van der Waals surface area contributed by atoms with Crippen molar-refractivity contribution in [2.75, 3.05) is 37.4 Å². The minimum Gasteiger partial charge on any atom is -0.493 e. The number of nitrogens with zero attached hydrogens (tertiary/aromatic N) is 4. The summed E-state index contributed by atoms with van der Waals surface area (Å²) in [5.41, 5.74) is 0.890. The smallest absolute Gasteiger partial charge is 0.230 e. The number of fused-ring (bicyclic) bond motifs is 1. The van der Waals surface area contributed by atoms with Crippen molar-refractivity contribution in [3.8, 4) is 11.5 Å². The number of aromatic nitrogens is 4. The van der Waals surface area contributed by atoms with Crippen molar-refractivity contribution in [1.82, 2.24) is 25.1 Å². The Balaban J connectivity index is 1.24. The van der Waals surface area contributed by atoms with E-state index in [4.69, 9.17) is 9.47 Å². The molecule has 0 bridgehead atoms. The molecule has 10 nitrogen and oxygen atoms in total. The SMILES string of the molecule is COc1cc2c(Nc3cc(CC(=O)Nc4cccc(F)c4F)[nH]n3)ncnc2cc1OCCCN1[CH]CCC1. The van der Waals surface area contributed by atoms with Crippen LogP contribution < -0.4 is 20.1 Å². The first-order valence-electron chi connectivity index (χ1n) is 12.6. The molecule has 1 radical (unpaired) electrons. The number of methoxy groups -OCH3 is 1. The van der Waals surface area contributed by atoms with Crippen molar-refractivity contribution >= 4 is 34.1 Å². The number of nitrogens with one attached hydrogen (secondary N) is 3. The molecule has 4 aromatic rings. The molecule has 0 saturated carbocycles. The van der Waals surface area contributed by atoms with Crippen LogP contribution in [-0.2, 0) is 11.2 Å². The molecule has 0 unspecified atom stereocenters. The summed E-state index contributed by atoms with van der Waals surface area (Å²) in [6, 6.07) is 8.82. The third-order valence-corrected chi connectivity index (χ3v) is 6.26. The lowest BCUT2D eigenvalue weighted by Crippen LogP contribution is -2.19. The highest BCUT2D eigenvalue weighted by Gasteiger charge is 2.16. The summed E-state index contributed by atoms with van der Waals surface area (Å²) >= 11 is 0. The standard InChI is InChI=1S/C27H28F2N7O3/c1-38-22-14-18-21(15-23(22)39-11-5-10-36-8-2-3-9-36)30-16-31-27(18)33-24-12-17(34-35-24)13-25(37)32-20-7-4-6-19(28)26(20)29/h4,6-8,12,14-16H,2-3,5,9-11,13H2,1H3,(H,32,37)(H2,30,31,33,34,35). The van der Waals surface area contributed by atoms with Gasteiger partial charge >= 0.3 is 0 Å². The first-order chi connectivity index (χ1) is 19.0. The third-order valence-electron chi connectivity index (χ3n) is 6.26. The second-order valence-corrected chi connectivity index (χ2v) is 9.04. The van der Waals surface area contributed by atoms with Gasteiger partial charge in [-0.2, -0.15) is 5.10 Å². The number of ether oxygens (including phenoxy) is 2. The molecule has 0 atom stereocenters. The summed E-state index contributed by atoms with van der Waals surface area (Å²) in [7, 11) is 1.57. The first-order valence-corrected chi connectivity index (χ1v) is 12.6. The molecule has 1 aliphatic rings. The van der Waals surface area contributed by atoms with Crippen LogP contribution in [-0.4, -0.2) is 57.8 Å². The fraction of sp³-hybridized carbons (Fsp3) is 0.296. The Labute approximate surface area is 223 Å². The number of likely N-dealkylation sites (tertiary alicyclic amines) is 1. The highest BCUT2D eigenvalue weighted by molar-refractivity contribution is 5.93. The van der Waals surface area contributed by atoms with Gasteiger partial charge in [-0.05, 0) is 44.0 Å². The summed E-state index contributed by atoms with van der Waals surface area (Å²) in [4.78, 5) is 23.4. The van der Waals surface area contributed by atoms with Gasteiger partial charge in [0.25, 0.3) is 0 Å². The molecule has 1 saturated heterocycles. The van der Waals surface area contributed by atoms with Gasteiger partial charge < -0.3 is 20.1 Å². The Morgan fingerprint density at radius 3 is 2.90 bits per heavy atom. The van der Waals surface area contributed by atoms with Crippen molar-refractivity contribution in [2.45, 2.75) is 25.7 Å². The number of benzene rings is 2. The number of anilines is 3. The van der Waals surface area contributed by atoms with E-state index in [-0.39, 0.29) is 12.1 Å². The normalized spacial score (nSPS) is 13.5. The lowest BCUT2D eigenvalue weighted by molar-refractivity contribution is -0.115. The van der Waals surface area contributed by atoms with Crippen LogP contribution in [0.4, 0.5) is 26.1 Å². The zero-order chi connectivity index (χ0) is 27.2. The van der Waals surface area contributed by atoms with Gasteiger partial charge in [-0.1, -0.05) is 6.07 Å². The fourth-order valence-corrected chi connectivity index (χ4v) is 4.35. The average molecular weight is 537 g/mol. The highest BCUT2D eigenvalue weighted by atomic mass is 19.2. The molecule has 1 amide bonds. The summed E-state index contributed by atoms with van der Waals surface area (Å²) in [6.45, 7) is 4.86. The maximum absolute atomic E-state index is 13.8. The Morgan fingerprint density at radius 1 is 1.18 bits per heavy atom. The molecule has 39 heavy (non-hydrogen) atoms. The lowest BCUT2D eigenvalue weighted by Gasteiger charge is -2.16. The zero-order valence-electron chi connectivity index (χ0n) is 21.3. The molecular weight excluding hydrogens is 508 g/mol. The number of H-pyrrole nitrogens is 1. The molecule has 203 valence electrons. The van der Waals surface area contributed by atoms with Gasteiger partial charge in [0.1, 0.15) is 12.1 Å². The molecular formula is C27H28F2N7O3. The van der Waals surface area contributed by atoms with Crippen molar-refractivity contribution < 1.29 is 23.0 Å². The Kier molecular flexibility index (Phi) is 8.11. The molecule has 2 aromatic carbocycles. The van der Waals surface area contributed by atoms with Gasteiger partial charge in [-0.15, -0.1) is 0 Å². The summed E-state index contributed by atoms with van der Waals surface area (Å²) in [5.74, 6) is -0.632. The van der Waals surface area contributed by atoms with Gasteiger partial charge in [0.05, 0.1) is 31.3 Å². The van der Waals surface area contributed by atoms with Crippen LogP contribution >= 0.6 is 0 Å². The van der Waals surface area contributed by atoms with Crippen LogP contribution in [0.25, 0.3) is 10.9 Å². The highest BCUT2D eigenvalue weighted by Crippen LogP contribution is 2.34. The maximum atomic E-state index is 13.8.